The molecule has 13 N–H and O–H groups in total. The zero-order valence-corrected chi connectivity index (χ0v) is 24.5. The number of hydrogen-bond acceptors (Lipinski definition) is 19. The molecule has 19 nitrogen and oxygen atoms in total. The highest BCUT2D eigenvalue weighted by Crippen LogP contribution is 2.34. The summed E-state index contributed by atoms with van der Waals surface area (Å²) in [4.78, 5) is 1.39. The minimum Gasteiger partial charge on any atom is -0.394 e. The van der Waals surface area contributed by atoms with E-state index in [1.165, 1.54) is 24.9 Å². The Bertz CT molecular complexity index is 990. The summed E-state index contributed by atoms with van der Waals surface area (Å²) >= 11 is 0. The van der Waals surface area contributed by atoms with Gasteiger partial charge in [-0.25, -0.2) is 0 Å². The van der Waals surface area contributed by atoms with Crippen molar-refractivity contribution in [2.45, 2.75) is 123 Å². The molecule has 3 saturated heterocycles. The van der Waals surface area contributed by atoms with Gasteiger partial charge in [0.05, 0.1) is 38.0 Å². The molecule has 19 atom stereocenters. The predicted octanol–water partition coefficient (Wildman–Crippen LogP) is -8.22. The van der Waals surface area contributed by atoms with Gasteiger partial charge in [0.25, 0.3) is 0 Å². The minimum atomic E-state index is -1.93. The van der Waals surface area contributed by atoms with Crippen LogP contribution < -0.4 is 0 Å². The normalized spacial score (nSPS) is 51.3. The number of aliphatic hydroxyl groups is 13. The molecule has 0 aromatic heterocycles. The second-order valence-corrected chi connectivity index (χ2v) is 11.8. The number of likely N-dealkylation sites (N-methyl/N-ethyl adjacent to an activating group) is 1. The van der Waals surface area contributed by atoms with E-state index in [2.05, 4.69) is 0 Å². The van der Waals surface area contributed by atoms with Gasteiger partial charge in [-0.05, 0) is 19.5 Å². The van der Waals surface area contributed by atoms with E-state index in [1.54, 1.807) is 0 Å². The fourth-order valence-corrected chi connectivity index (χ4v) is 6.30. The monoisotopic (exact) mass is 659 g/mol. The molecule has 45 heavy (non-hydrogen) atoms. The number of nitrogens with zero attached hydrogens (tertiary/aromatic N) is 1. The Balaban J connectivity index is 1.45. The fourth-order valence-electron chi connectivity index (χ4n) is 6.30. The number of hydrogen-bond donors (Lipinski definition) is 13. The van der Waals surface area contributed by atoms with Crippen molar-refractivity contribution in [2.24, 2.45) is 0 Å². The zero-order valence-electron chi connectivity index (χ0n) is 24.5. The van der Waals surface area contributed by atoms with Crippen LogP contribution in [0, 0.1) is 0 Å². The molecule has 4 aliphatic rings. The van der Waals surface area contributed by atoms with Gasteiger partial charge in [-0.15, -0.1) is 0 Å². The van der Waals surface area contributed by atoms with Crippen LogP contribution >= 0.6 is 0 Å². The maximum Gasteiger partial charge on any atom is 0.187 e. The summed E-state index contributed by atoms with van der Waals surface area (Å²) in [6.07, 6.45) is -26.5. The second-order valence-electron chi connectivity index (χ2n) is 11.8. The molecule has 0 spiro atoms. The maximum absolute atomic E-state index is 11.1. The van der Waals surface area contributed by atoms with Crippen molar-refractivity contribution in [3.63, 3.8) is 0 Å². The molecule has 3 fully saturated rings. The Morgan fingerprint density at radius 2 is 1.16 bits per heavy atom. The van der Waals surface area contributed by atoms with Crippen LogP contribution in [-0.4, -0.2) is 215 Å². The highest BCUT2D eigenvalue weighted by atomic mass is 16.7. The molecular formula is C26H45NO18. The zero-order chi connectivity index (χ0) is 33.5. The van der Waals surface area contributed by atoms with E-state index in [4.69, 9.17) is 23.7 Å². The van der Waals surface area contributed by atoms with Gasteiger partial charge in [0.2, 0.25) is 0 Å². The Hall–Kier alpha value is -1.02. The highest BCUT2D eigenvalue weighted by molar-refractivity contribution is 5.22. The first-order valence-electron chi connectivity index (χ1n) is 14.5. The third-order valence-electron chi connectivity index (χ3n) is 8.96. The lowest BCUT2D eigenvalue weighted by molar-refractivity contribution is -0.375. The van der Waals surface area contributed by atoms with E-state index in [9.17, 15) is 66.4 Å². The molecule has 3 heterocycles. The van der Waals surface area contributed by atoms with Gasteiger partial charge in [-0.3, -0.25) is 4.90 Å². The smallest absolute Gasteiger partial charge is 0.187 e. The summed E-state index contributed by atoms with van der Waals surface area (Å²) in [5, 5.41) is 134. The van der Waals surface area contributed by atoms with E-state index in [-0.39, 0.29) is 5.57 Å². The van der Waals surface area contributed by atoms with Gasteiger partial charge >= 0.3 is 0 Å². The minimum absolute atomic E-state index is 0.0404. The van der Waals surface area contributed by atoms with Gasteiger partial charge in [0.1, 0.15) is 79.4 Å². The first-order chi connectivity index (χ1) is 21.2. The van der Waals surface area contributed by atoms with Crippen LogP contribution in [0.25, 0.3) is 0 Å². The predicted molar refractivity (Wildman–Crippen MR) is 142 cm³/mol. The van der Waals surface area contributed by atoms with Crippen molar-refractivity contribution in [2.75, 3.05) is 26.9 Å². The van der Waals surface area contributed by atoms with Gasteiger partial charge in [0, 0.05) is 0 Å². The first kappa shape index (κ1) is 36.8. The second kappa shape index (κ2) is 15.0. The topological polar surface area (TPSA) is 312 Å². The summed E-state index contributed by atoms with van der Waals surface area (Å²) in [6.45, 7) is -0.714. The SMILES string of the molecule is CC1O[C@H](O[C@@H]2C(CO)O[C@H](O[C@@H]3C(CO)OC(O)C(O)[C@H]3O)C(O)[C@H]2O)C(O)[C@@H](O)[C@@H]1N(C)C1C=C(CO)C(O)C(O)C1O. The van der Waals surface area contributed by atoms with Crippen molar-refractivity contribution >= 4 is 0 Å². The Morgan fingerprint density at radius 1 is 0.644 bits per heavy atom. The van der Waals surface area contributed by atoms with E-state index in [0.29, 0.717) is 0 Å². The third kappa shape index (κ3) is 7.08. The molecule has 0 aromatic carbocycles. The molecule has 262 valence electrons. The van der Waals surface area contributed by atoms with Crippen molar-refractivity contribution in [3.8, 4) is 0 Å². The van der Waals surface area contributed by atoms with Crippen molar-refractivity contribution in [1.82, 2.24) is 4.90 Å². The first-order valence-corrected chi connectivity index (χ1v) is 14.5. The Labute approximate surface area is 257 Å². The molecule has 0 saturated carbocycles. The van der Waals surface area contributed by atoms with Crippen molar-refractivity contribution < 1.29 is 90.1 Å². The van der Waals surface area contributed by atoms with Crippen LogP contribution in [0.1, 0.15) is 6.92 Å². The molecule has 19 heteroatoms. The summed E-state index contributed by atoms with van der Waals surface area (Å²) in [7, 11) is 1.46. The fraction of sp³-hybridized carbons (Fsp3) is 0.923. The average molecular weight is 660 g/mol. The lowest BCUT2D eigenvalue weighted by atomic mass is 9.85. The van der Waals surface area contributed by atoms with Crippen LogP contribution in [0.15, 0.2) is 11.6 Å². The van der Waals surface area contributed by atoms with Gasteiger partial charge in [0.15, 0.2) is 18.9 Å². The maximum atomic E-state index is 11.1. The molecule has 4 rings (SSSR count). The molecule has 0 amide bonds. The number of aliphatic hydroxyl groups excluding tert-OH is 13. The molecule has 0 bridgehead atoms. The Morgan fingerprint density at radius 3 is 1.71 bits per heavy atom. The van der Waals surface area contributed by atoms with E-state index in [1.807, 2.05) is 0 Å². The van der Waals surface area contributed by atoms with Gasteiger partial charge in [-0.2, -0.15) is 0 Å². The lowest BCUT2D eigenvalue weighted by Crippen LogP contribution is -2.68. The van der Waals surface area contributed by atoms with Crippen molar-refractivity contribution in [3.05, 3.63) is 11.6 Å². The number of rotatable bonds is 9. The average Bonchev–Trinajstić information content (AvgIpc) is 3.01. The summed E-state index contributed by atoms with van der Waals surface area (Å²) in [6, 6.07) is -2.07. The van der Waals surface area contributed by atoms with E-state index < -0.39 is 136 Å². The summed E-state index contributed by atoms with van der Waals surface area (Å²) < 4.78 is 27.6. The highest BCUT2D eigenvalue weighted by Gasteiger charge is 2.54. The molecule has 3 aliphatic heterocycles. The largest absolute Gasteiger partial charge is 0.394 e. The summed E-state index contributed by atoms with van der Waals surface area (Å²) in [5.41, 5.74) is 0.0404. The Kier molecular flexibility index (Phi) is 12.3. The molecular weight excluding hydrogens is 614 g/mol. The van der Waals surface area contributed by atoms with E-state index >= 15 is 0 Å². The van der Waals surface area contributed by atoms with Crippen LogP contribution in [-0.2, 0) is 23.7 Å². The lowest BCUT2D eigenvalue weighted by Gasteiger charge is -2.50. The van der Waals surface area contributed by atoms with Crippen LogP contribution in [0.2, 0.25) is 0 Å². The number of ether oxygens (including phenoxy) is 5. The quantitative estimate of drug-likeness (QED) is 0.102. The van der Waals surface area contributed by atoms with Crippen LogP contribution in [0.4, 0.5) is 0 Å². The van der Waals surface area contributed by atoms with E-state index in [0.717, 1.165) is 0 Å². The molecule has 11 unspecified atom stereocenters. The molecule has 0 aromatic rings. The van der Waals surface area contributed by atoms with Gasteiger partial charge < -0.3 is 90.1 Å². The molecule has 0 radical (unpaired) electrons. The van der Waals surface area contributed by atoms with Crippen LogP contribution in [0.5, 0.6) is 0 Å². The van der Waals surface area contributed by atoms with Gasteiger partial charge in [-0.1, -0.05) is 6.08 Å². The standard InChI is InChI=1S/C26H45NO18/c1-7-12(27(2)9-3-8(4-28)13(31)16(34)14(9)32)15(33)20(38)25(41-7)44-23-11(6-30)43-26(21(39)18(23)36)45-22-10(5-29)42-24(40)19(37)17(22)35/h3,7,9-26,28-40H,4-6H2,1-2H3/t7?,9?,10?,11?,12-,13?,14?,15+,16?,17-,18-,19?,20?,21?,22-,23-,24?,25-,26-/m1/s1. The third-order valence-corrected chi connectivity index (χ3v) is 8.96. The van der Waals surface area contributed by atoms with Crippen molar-refractivity contribution in [1.29, 1.82) is 0 Å². The molecule has 1 aliphatic carbocycles. The summed E-state index contributed by atoms with van der Waals surface area (Å²) in [5.74, 6) is 0. The van der Waals surface area contributed by atoms with Crippen LogP contribution in [0.3, 0.4) is 0 Å².